The minimum absolute atomic E-state index is 0.00937. The number of nitrogens with one attached hydrogen (secondary N) is 1. The summed E-state index contributed by atoms with van der Waals surface area (Å²) in [7, 11) is 0. The first-order valence-electron chi connectivity index (χ1n) is 25.4. The van der Waals surface area contributed by atoms with Crippen molar-refractivity contribution in [3.63, 3.8) is 0 Å². The monoisotopic (exact) mass is 1010 g/mol. The molecule has 3 aromatic carbocycles. The number of aliphatic hydroxyl groups is 2. The molecule has 11 atom stereocenters. The Morgan fingerprint density at radius 2 is 1.37 bits per heavy atom. The van der Waals surface area contributed by atoms with Crippen molar-refractivity contribution in [1.29, 1.82) is 0 Å². The summed E-state index contributed by atoms with van der Waals surface area (Å²) in [4.78, 5) is 99.9. The second-order valence-corrected chi connectivity index (χ2v) is 20.7. The van der Waals surface area contributed by atoms with Gasteiger partial charge < -0.3 is 44.0 Å². The molecule has 1 saturated heterocycles. The largest absolute Gasteiger partial charge is 0.455 e. The highest BCUT2D eigenvalue weighted by molar-refractivity contribution is 5.96. The van der Waals surface area contributed by atoms with Crippen LogP contribution >= 0.6 is 0 Å². The summed E-state index contributed by atoms with van der Waals surface area (Å²) < 4.78 is 37.1. The number of rotatable bonds is 19. The second-order valence-electron chi connectivity index (χ2n) is 20.7. The van der Waals surface area contributed by atoms with Crippen molar-refractivity contribution in [1.82, 2.24) is 5.32 Å². The molecule has 3 fully saturated rings. The molecule has 2 saturated carbocycles. The third kappa shape index (κ3) is 10.7. The van der Waals surface area contributed by atoms with Crippen molar-refractivity contribution in [3.05, 3.63) is 119 Å². The third-order valence-electron chi connectivity index (χ3n) is 15.7. The van der Waals surface area contributed by atoms with Crippen LogP contribution in [-0.4, -0.2) is 106 Å². The summed E-state index contributed by atoms with van der Waals surface area (Å²) in [6.45, 7) is 10.2. The molecule has 2 unspecified atom stereocenters. The number of hydrogen-bond donors (Lipinski definition) is 3. The van der Waals surface area contributed by atoms with Crippen LogP contribution in [0, 0.1) is 16.7 Å². The lowest BCUT2D eigenvalue weighted by Crippen LogP contribution is -2.82. The molecule has 392 valence electrons. The molecular weight excluding hydrogens is 939 g/mol. The molecule has 3 aliphatic carbocycles. The van der Waals surface area contributed by atoms with Crippen LogP contribution in [0.15, 0.2) is 102 Å². The first-order valence-corrected chi connectivity index (χ1v) is 25.4. The summed E-state index contributed by atoms with van der Waals surface area (Å²) in [6, 6.07) is 23.3. The number of benzene rings is 3. The summed E-state index contributed by atoms with van der Waals surface area (Å²) >= 11 is 0. The number of amides is 1. The van der Waals surface area contributed by atoms with Gasteiger partial charge in [0.05, 0.1) is 29.6 Å². The van der Waals surface area contributed by atoms with Crippen molar-refractivity contribution in [2.75, 3.05) is 6.61 Å². The first kappa shape index (κ1) is 54.5. The van der Waals surface area contributed by atoms with Gasteiger partial charge in [0.2, 0.25) is 6.10 Å². The lowest BCUT2D eigenvalue weighted by atomic mass is 9.44. The average Bonchev–Trinajstić information content (AvgIpc) is 3.36. The van der Waals surface area contributed by atoms with Gasteiger partial charge in [0.1, 0.15) is 30.0 Å². The normalized spacial score (nSPS) is 28.8. The van der Waals surface area contributed by atoms with E-state index >= 15 is 9.59 Å². The molecule has 7 rings (SSSR count). The van der Waals surface area contributed by atoms with Gasteiger partial charge in [-0.05, 0) is 61.2 Å². The van der Waals surface area contributed by atoms with Gasteiger partial charge in [-0.1, -0.05) is 126 Å². The molecule has 4 aliphatic rings. The Bertz CT molecular complexity index is 2550. The van der Waals surface area contributed by atoms with E-state index in [0.717, 1.165) is 52.4 Å². The number of fused-ring (bicyclic) bond motifs is 5. The van der Waals surface area contributed by atoms with Gasteiger partial charge in [-0.3, -0.25) is 24.0 Å². The van der Waals surface area contributed by atoms with E-state index in [0.29, 0.717) is 12.0 Å². The molecule has 3 aromatic rings. The molecule has 16 nitrogen and oxygen atoms in total. The Kier molecular flexibility index (Phi) is 16.8. The Balaban J connectivity index is 1.37. The van der Waals surface area contributed by atoms with Crippen LogP contribution in [0.1, 0.15) is 145 Å². The Morgan fingerprint density at radius 1 is 0.781 bits per heavy atom. The van der Waals surface area contributed by atoms with Crippen molar-refractivity contribution in [2.24, 2.45) is 16.7 Å². The van der Waals surface area contributed by atoms with Crippen molar-refractivity contribution >= 4 is 41.5 Å². The lowest BCUT2D eigenvalue weighted by Gasteiger charge is -2.67. The van der Waals surface area contributed by atoms with E-state index in [4.69, 9.17) is 28.4 Å². The summed E-state index contributed by atoms with van der Waals surface area (Å²) in [5.74, 6) is -7.54. The maximum atomic E-state index is 15.8. The van der Waals surface area contributed by atoms with Gasteiger partial charge in [-0.2, -0.15) is 0 Å². The minimum Gasteiger partial charge on any atom is -0.455 e. The zero-order chi connectivity index (χ0) is 52.9. The van der Waals surface area contributed by atoms with E-state index in [1.54, 1.807) is 99.6 Å². The summed E-state index contributed by atoms with van der Waals surface area (Å²) in [5.41, 5.74) is -7.15. The topological polar surface area (TPSA) is 227 Å². The van der Waals surface area contributed by atoms with E-state index in [1.807, 2.05) is 0 Å². The van der Waals surface area contributed by atoms with E-state index < -0.39 is 119 Å². The predicted molar refractivity (Wildman–Crippen MR) is 264 cm³/mol. The highest BCUT2D eigenvalue weighted by Crippen LogP contribution is 2.64. The van der Waals surface area contributed by atoms with E-state index in [1.165, 1.54) is 19.1 Å². The third-order valence-corrected chi connectivity index (χ3v) is 15.7. The highest BCUT2D eigenvalue weighted by Gasteiger charge is 2.78. The molecule has 16 heteroatoms. The summed E-state index contributed by atoms with van der Waals surface area (Å²) in [5, 5.41) is 29.1. The van der Waals surface area contributed by atoms with Crippen molar-refractivity contribution in [3.8, 4) is 0 Å². The standard InChI is InChI=1S/C57H69NO15/c1-8-9-10-11-12-13-23-30-43(62)71-47(45(37-24-17-14-18-25-37)58-51(64)38-26-19-15-20-27-38)53(66)70-40-32-57(67)50(72-52(65)39-28-21-16-22-29-39)48-55(7,41(61)31-42-56(48,33-68-42)73-36(4)60)49(63)46(69-35(3)59)44(34(40)2)54(57,5)6/h14-22,24-29,40-42,45-48,50,61,67H,8-13,23,30-33H2,1-7H3,(H,58,64)/t40-,41-,42+,45-,46+,47+,48?,50?,55+,56-,57+/m0/s1. The fraction of sp³-hybridized carbons (Fsp3) is 0.526. The number of Topliss-reactive ketones (excluding diaryl/α,β-unsaturated/α-hetero) is 1. The van der Waals surface area contributed by atoms with Crippen LogP contribution in [0.3, 0.4) is 0 Å². The molecule has 73 heavy (non-hydrogen) atoms. The SMILES string of the molecule is CCCCCCCCCC(=O)O[C@@H](C(=O)O[C@H]1C[C@@]2(O)C(OC(=O)c3ccccc3)C3[C@](C)(C(=O)[C@H](OC(C)=O)C(=C1C)C2(C)C)[C@@H](O)C[C@H]1OC[C@@]31OC(C)=O)[C@@H](NC(=O)c1ccccc1)c1ccccc1. The summed E-state index contributed by atoms with van der Waals surface area (Å²) in [6.07, 6.45) is -4.14. The minimum atomic E-state index is -2.43. The number of ether oxygens (including phenoxy) is 6. The van der Waals surface area contributed by atoms with Crippen LogP contribution in [0.4, 0.5) is 0 Å². The van der Waals surface area contributed by atoms with Crippen LogP contribution in [0.5, 0.6) is 0 Å². The Labute approximate surface area is 426 Å². The maximum absolute atomic E-state index is 15.8. The number of esters is 5. The number of carbonyl (C=O) groups excluding carboxylic acids is 7. The van der Waals surface area contributed by atoms with E-state index in [-0.39, 0.29) is 41.7 Å². The van der Waals surface area contributed by atoms with E-state index in [9.17, 15) is 34.2 Å². The quantitative estimate of drug-likeness (QED) is 0.0459. The van der Waals surface area contributed by atoms with Crippen molar-refractivity contribution in [2.45, 2.75) is 167 Å². The van der Waals surface area contributed by atoms with Gasteiger partial charge in [-0.25, -0.2) is 9.59 Å². The smallest absolute Gasteiger partial charge is 0.350 e. The molecular formula is C57H69NO15. The number of carbonyl (C=O) groups is 7. The number of hydrogen-bond acceptors (Lipinski definition) is 15. The molecule has 1 heterocycles. The second kappa shape index (κ2) is 22.5. The molecule has 0 aromatic heterocycles. The molecule has 0 spiro atoms. The fourth-order valence-corrected chi connectivity index (χ4v) is 11.7. The van der Waals surface area contributed by atoms with Gasteiger partial charge in [0, 0.05) is 44.1 Å². The van der Waals surface area contributed by atoms with Gasteiger partial charge in [0.15, 0.2) is 17.5 Å². The van der Waals surface area contributed by atoms with Crippen LogP contribution in [0.2, 0.25) is 0 Å². The molecule has 2 bridgehead atoms. The number of aliphatic hydroxyl groups excluding tert-OH is 1. The zero-order valence-corrected chi connectivity index (χ0v) is 42.8. The average molecular weight is 1010 g/mol. The van der Waals surface area contributed by atoms with Gasteiger partial charge in [0.25, 0.3) is 5.91 Å². The predicted octanol–water partition coefficient (Wildman–Crippen LogP) is 7.43. The van der Waals surface area contributed by atoms with Crippen LogP contribution in [-0.2, 0) is 52.4 Å². The Morgan fingerprint density at radius 3 is 1.95 bits per heavy atom. The van der Waals surface area contributed by atoms with Crippen LogP contribution < -0.4 is 5.32 Å². The molecule has 1 aliphatic heterocycles. The molecule has 1 amide bonds. The number of ketones is 1. The molecule has 0 radical (unpaired) electrons. The van der Waals surface area contributed by atoms with Gasteiger partial charge in [-0.15, -0.1) is 0 Å². The molecule has 3 N–H and O–H groups in total. The van der Waals surface area contributed by atoms with Crippen LogP contribution in [0.25, 0.3) is 0 Å². The van der Waals surface area contributed by atoms with Crippen molar-refractivity contribution < 1.29 is 72.2 Å². The Hall–Kier alpha value is -6.23. The lowest BCUT2D eigenvalue weighted by molar-refractivity contribution is -0.346. The zero-order valence-electron chi connectivity index (χ0n) is 42.8. The highest BCUT2D eigenvalue weighted by atomic mass is 16.6. The number of unbranched alkanes of at least 4 members (excludes halogenated alkanes) is 6. The van der Waals surface area contributed by atoms with Gasteiger partial charge >= 0.3 is 29.8 Å². The fourth-order valence-electron chi connectivity index (χ4n) is 11.7. The first-order chi connectivity index (χ1) is 34.7. The maximum Gasteiger partial charge on any atom is 0.350 e. The van der Waals surface area contributed by atoms with E-state index in [2.05, 4.69) is 12.2 Å².